The van der Waals surface area contributed by atoms with Crippen molar-refractivity contribution in [3.8, 4) is 0 Å². The molecule has 0 saturated carbocycles. The minimum atomic E-state index is -1.41. The minimum absolute atomic E-state index is 0. The van der Waals surface area contributed by atoms with Crippen LogP contribution in [0, 0.1) is 37.5 Å². The number of hydrogen-bond donors (Lipinski definition) is 0. The van der Waals surface area contributed by atoms with Crippen LogP contribution in [0.5, 0.6) is 0 Å². The first-order chi connectivity index (χ1) is 14.4. The summed E-state index contributed by atoms with van der Waals surface area (Å²) in [7, 11) is 0. The van der Waals surface area contributed by atoms with Crippen LogP contribution in [0.4, 0.5) is 16.1 Å². The van der Waals surface area contributed by atoms with Crippen molar-refractivity contribution in [2.75, 3.05) is 1.97 Å². The van der Waals surface area contributed by atoms with Crippen LogP contribution in [0.1, 0.15) is 11.1 Å². The molecule has 0 spiro atoms. The Labute approximate surface area is 199 Å². The Balaban J connectivity index is 0.00000256. The second-order valence-corrected chi connectivity index (χ2v) is 11.0. The van der Waals surface area contributed by atoms with Gasteiger partial charge in [0.1, 0.15) is 0 Å². The summed E-state index contributed by atoms with van der Waals surface area (Å²) in [5.41, 5.74) is 5.34. The molecule has 0 unspecified atom stereocenters. The molecule has 2 nitrogen and oxygen atoms in total. The molecule has 4 heteroatoms. The third-order valence-corrected chi connectivity index (χ3v) is 8.96. The van der Waals surface area contributed by atoms with E-state index < -0.39 is 37.5 Å². The molecule has 0 radical (unpaired) electrons. The van der Waals surface area contributed by atoms with Gasteiger partial charge in [0.05, 0.1) is 0 Å². The van der Waals surface area contributed by atoms with E-state index >= 15 is 0 Å². The molecule has 0 aliphatic rings. The SMILES string of the molecule is F.c1ccc(C[N]([Nd][N](Cc2ccccc2)c2ccccc2)c2ccccc2)cc1. The summed E-state index contributed by atoms with van der Waals surface area (Å²) in [6, 6.07) is 43.3. The molecule has 4 aromatic carbocycles. The third kappa shape index (κ3) is 6.38. The molecule has 0 atom stereocenters. The number of rotatable bonds is 8. The molecule has 4 aromatic rings. The van der Waals surface area contributed by atoms with Gasteiger partial charge in [-0.3, -0.25) is 4.70 Å². The van der Waals surface area contributed by atoms with Crippen LogP contribution in [-0.2, 0) is 13.1 Å². The molecule has 0 amide bonds. The van der Waals surface area contributed by atoms with E-state index in [1.807, 2.05) is 0 Å². The molecule has 0 bridgehead atoms. The zero-order chi connectivity index (χ0) is 19.7. The average Bonchev–Trinajstić information content (AvgIpc) is 2.81. The molecule has 4 rings (SSSR count). The number of benzene rings is 4. The second kappa shape index (κ2) is 11.8. The van der Waals surface area contributed by atoms with Gasteiger partial charge in [-0.2, -0.15) is 0 Å². The molecule has 0 fully saturated rings. The van der Waals surface area contributed by atoms with Gasteiger partial charge in [-0.05, 0) is 0 Å². The zero-order valence-corrected chi connectivity index (χ0v) is 20.0. The van der Waals surface area contributed by atoms with Crippen LogP contribution in [0.2, 0.25) is 0 Å². The number of para-hydroxylation sites is 2. The van der Waals surface area contributed by atoms with Crippen molar-refractivity contribution in [1.82, 2.24) is 0 Å². The second-order valence-electron chi connectivity index (χ2n) is 6.91. The van der Waals surface area contributed by atoms with E-state index in [0.717, 1.165) is 13.1 Å². The van der Waals surface area contributed by atoms with E-state index in [2.05, 4.69) is 123 Å². The molecule has 0 aliphatic carbocycles. The van der Waals surface area contributed by atoms with Crippen molar-refractivity contribution in [1.29, 1.82) is 0 Å². The fraction of sp³-hybridized carbons (Fsp3) is 0.0769. The van der Waals surface area contributed by atoms with Crippen molar-refractivity contribution in [3.63, 3.8) is 0 Å². The van der Waals surface area contributed by atoms with Crippen LogP contribution in [0.25, 0.3) is 0 Å². The Morgan fingerprint density at radius 2 is 0.733 bits per heavy atom. The molecule has 30 heavy (non-hydrogen) atoms. The van der Waals surface area contributed by atoms with E-state index in [0.29, 0.717) is 0 Å². The predicted octanol–water partition coefficient (Wildman–Crippen LogP) is 6.47. The summed E-state index contributed by atoms with van der Waals surface area (Å²) in [6.45, 7) is 1.90. The quantitative estimate of drug-likeness (QED) is 0.259. The first-order valence-electron chi connectivity index (χ1n) is 9.88. The summed E-state index contributed by atoms with van der Waals surface area (Å²) < 4.78 is 5.26. The number of nitrogens with zero attached hydrogens (tertiary/aromatic N) is 2. The molecule has 0 saturated heterocycles. The molecule has 0 aromatic heterocycles. The summed E-state index contributed by atoms with van der Waals surface area (Å²) >= 11 is -1.41. The van der Waals surface area contributed by atoms with Crippen molar-refractivity contribution in [2.24, 2.45) is 0 Å². The van der Waals surface area contributed by atoms with E-state index in [4.69, 9.17) is 0 Å². The van der Waals surface area contributed by atoms with Gasteiger partial charge in [0.15, 0.2) is 0 Å². The standard InChI is InChI=1S/2C13H12N.FH.Nd/c2*1-3-7-12(8-4-1)11-14-13-9-5-2-6-10-13;;/h2*1-10H,11H2;1H;/q2*-1;;+2. The van der Waals surface area contributed by atoms with Gasteiger partial charge in [-0.15, -0.1) is 0 Å². The first kappa shape index (κ1) is 22.4. The van der Waals surface area contributed by atoms with Gasteiger partial charge in [-0.1, -0.05) is 0 Å². The van der Waals surface area contributed by atoms with Crippen LogP contribution in [0.3, 0.4) is 0 Å². The average molecular weight is 529 g/mol. The molecule has 150 valence electrons. The third-order valence-electron chi connectivity index (χ3n) is 4.74. The van der Waals surface area contributed by atoms with Crippen molar-refractivity contribution >= 4 is 11.4 Å². The number of halogens is 1. The maximum absolute atomic E-state index is 2.63. The monoisotopic (exact) mass is 526 g/mol. The topological polar surface area (TPSA) is 6.48 Å². The van der Waals surface area contributed by atoms with Gasteiger partial charge in [0.25, 0.3) is 0 Å². The Kier molecular flexibility index (Phi) is 8.84. The number of hydrogen-bond acceptors (Lipinski definition) is 2. The van der Waals surface area contributed by atoms with Crippen molar-refractivity contribution < 1.29 is 42.2 Å². The molecule has 0 aliphatic heterocycles. The van der Waals surface area contributed by atoms with Gasteiger partial charge < -0.3 is 0 Å². The maximum atomic E-state index is 2.63. The predicted molar refractivity (Wildman–Crippen MR) is 121 cm³/mol. The molecular weight excluding hydrogens is 504 g/mol. The Morgan fingerprint density at radius 3 is 1.07 bits per heavy atom. The van der Waals surface area contributed by atoms with Crippen LogP contribution < -0.4 is 1.97 Å². The fourth-order valence-corrected chi connectivity index (χ4v) is 7.52. The Morgan fingerprint density at radius 1 is 0.433 bits per heavy atom. The Hall–Kier alpha value is -2.24. The fourth-order valence-electron chi connectivity index (χ4n) is 3.26. The zero-order valence-electron chi connectivity index (χ0n) is 16.8. The van der Waals surface area contributed by atoms with Crippen molar-refractivity contribution in [3.05, 3.63) is 132 Å². The normalized spacial score (nSPS) is 10.0. The van der Waals surface area contributed by atoms with E-state index in [1.165, 1.54) is 22.5 Å². The molecule has 0 heterocycles. The van der Waals surface area contributed by atoms with Crippen LogP contribution in [-0.4, -0.2) is 0 Å². The first-order valence-corrected chi connectivity index (χ1v) is 12.7. The van der Waals surface area contributed by atoms with Gasteiger partial charge in [0, 0.05) is 0 Å². The summed E-state index contributed by atoms with van der Waals surface area (Å²) in [4.78, 5) is 0. The van der Waals surface area contributed by atoms with Crippen LogP contribution in [0.15, 0.2) is 121 Å². The van der Waals surface area contributed by atoms with Gasteiger partial charge in [0.2, 0.25) is 0 Å². The Bertz CT molecular complexity index is 899. The number of anilines is 2. The van der Waals surface area contributed by atoms with Crippen LogP contribution >= 0.6 is 0 Å². The van der Waals surface area contributed by atoms with E-state index in [9.17, 15) is 0 Å². The van der Waals surface area contributed by atoms with Gasteiger partial charge in [-0.25, -0.2) is 0 Å². The molecule has 0 N–H and O–H groups in total. The summed E-state index contributed by atoms with van der Waals surface area (Å²) in [5.74, 6) is 0. The van der Waals surface area contributed by atoms with E-state index in [-0.39, 0.29) is 4.70 Å². The van der Waals surface area contributed by atoms with Gasteiger partial charge >= 0.3 is 196 Å². The molecular formula is C26H25FN2Nd. The summed E-state index contributed by atoms with van der Waals surface area (Å²) in [6.07, 6.45) is 0. The van der Waals surface area contributed by atoms with Crippen molar-refractivity contribution in [2.45, 2.75) is 13.1 Å². The van der Waals surface area contributed by atoms with E-state index in [1.54, 1.807) is 0 Å². The summed E-state index contributed by atoms with van der Waals surface area (Å²) in [5, 5.41) is 0.